The molecule has 4 N–H and O–H groups in total. The van der Waals surface area contributed by atoms with Crippen molar-refractivity contribution in [1.29, 1.82) is 0 Å². The molecule has 26 heavy (non-hydrogen) atoms. The summed E-state index contributed by atoms with van der Waals surface area (Å²) in [7, 11) is 0. The first-order chi connectivity index (χ1) is 12.2. The smallest absolute Gasteiger partial charge is 0.336 e. The molecule has 0 fully saturated rings. The summed E-state index contributed by atoms with van der Waals surface area (Å²) in [5.74, 6) is -0.602. The number of benzene rings is 1. The lowest BCUT2D eigenvalue weighted by Crippen LogP contribution is -2.17. The number of anilines is 1. The molecule has 0 saturated heterocycles. The Balaban J connectivity index is 2.00. The van der Waals surface area contributed by atoms with E-state index >= 15 is 0 Å². The summed E-state index contributed by atoms with van der Waals surface area (Å²) in [4.78, 5) is 27.1. The zero-order valence-corrected chi connectivity index (χ0v) is 14.7. The molecular formula is C16H20N6O4. The molecule has 2 aromatic rings. The van der Waals surface area contributed by atoms with Gasteiger partial charge in [0.2, 0.25) is 0 Å². The number of rotatable bonds is 6. The number of oxime groups is 1. The van der Waals surface area contributed by atoms with Crippen LogP contribution in [0.5, 0.6) is 0 Å². The van der Waals surface area contributed by atoms with E-state index in [1.165, 1.54) is 4.68 Å². The number of nitro groups is 1. The van der Waals surface area contributed by atoms with Gasteiger partial charge in [-0.3, -0.25) is 14.8 Å². The largest absolute Gasteiger partial charge is 0.398 e. The molecule has 0 spiro atoms. The molecule has 0 atom stereocenters. The quantitative estimate of drug-likeness (QED) is 0.198. The van der Waals surface area contributed by atoms with Gasteiger partial charge in [0.25, 0.3) is 0 Å². The zero-order valence-electron chi connectivity index (χ0n) is 14.7. The van der Waals surface area contributed by atoms with Crippen LogP contribution in [-0.4, -0.2) is 26.5 Å². The molecule has 1 aromatic heterocycles. The first-order valence-electron chi connectivity index (χ1n) is 7.79. The van der Waals surface area contributed by atoms with Gasteiger partial charge in [-0.05, 0) is 32.4 Å². The summed E-state index contributed by atoms with van der Waals surface area (Å²) in [6.45, 7) is 5.03. The molecule has 1 heterocycles. The van der Waals surface area contributed by atoms with Crippen molar-refractivity contribution >= 4 is 23.2 Å². The van der Waals surface area contributed by atoms with Crippen LogP contribution in [0.2, 0.25) is 0 Å². The third kappa shape index (κ3) is 3.97. The normalized spacial score (nSPS) is 11.4. The number of aromatic nitrogens is 2. The average molecular weight is 360 g/mol. The molecule has 0 radical (unpaired) electrons. The van der Waals surface area contributed by atoms with Gasteiger partial charge in [0, 0.05) is 11.3 Å². The molecule has 0 aliphatic carbocycles. The molecule has 0 aliphatic rings. The number of carbonyl (C=O) groups excluding carboxylic acids is 1. The third-order valence-electron chi connectivity index (χ3n) is 3.95. The van der Waals surface area contributed by atoms with Gasteiger partial charge in [0.05, 0.1) is 17.9 Å². The van der Waals surface area contributed by atoms with Crippen molar-refractivity contribution < 1.29 is 14.6 Å². The second kappa shape index (κ2) is 7.64. The molecule has 0 saturated carbocycles. The van der Waals surface area contributed by atoms with Gasteiger partial charge < -0.3 is 16.3 Å². The highest BCUT2D eigenvalue weighted by molar-refractivity contribution is 5.99. The molecule has 0 bridgehead atoms. The topological polar surface area (TPSA) is 152 Å². The Hall–Kier alpha value is -3.43. The fraction of sp³-hybridized carbons (Fsp3) is 0.312. The van der Waals surface area contributed by atoms with Crippen LogP contribution in [0.3, 0.4) is 0 Å². The van der Waals surface area contributed by atoms with E-state index < -0.39 is 10.9 Å². The highest BCUT2D eigenvalue weighted by Crippen LogP contribution is 2.22. The number of aryl methyl sites for hydroxylation is 2. The van der Waals surface area contributed by atoms with E-state index in [-0.39, 0.29) is 24.5 Å². The average Bonchev–Trinajstić information content (AvgIpc) is 2.87. The fourth-order valence-electron chi connectivity index (χ4n) is 2.49. The minimum atomic E-state index is -0.635. The SMILES string of the molecule is Cc1nn(CCC(=O)O/N=C(\N)c2cccc(N)c2C)c(C)c1[N+](=O)[O-]. The molecule has 10 nitrogen and oxygen atoms in total. The second-order valence-electron chi connectivity index (χ2n) is 5.71. The molecule has 0 amide bonds. The van der Waals surface area contributed by atoms with Gasteiger partial charge in [0.15, 0.2) is 5.84 Å². The summed E-state index contributed by atoms with van der Waals surface area (Å²) in [5.41, 5.74) is 14.1. The van der Waals surface area contributed by atoms with Crippen molar-refractivity contribution in [1.82, 2.24) is 9.78 Å². The Morgan fingerprint density at radius 2 is 2.08 bits per heavy atom. The highest BCUT2D eigenvalue weighted by Gasteiger charge is 2.22. The van der Waals surface area contributed by atoms with Gasteiger partial charge in [-0.15, -0.1) is 0 Å². The third-order valence-corrected chi connectivity index (χ3v) is 3.95. The highest BCUT2D eigenvalue weighted by atomic mass is 16.7. The maximum Gasteiger partial charge on any atom is 0.336 e. The van der Waals surface area contributed by atoms with E-state index in [0.717, 1.165) is 5.56 Å². The van der Waals surface area contributed by atoms with E-state index in [1.807, 2.05) is 0 Å². The number of nitrogens with two attached hydrogens (primary N) is 2. The van der Waals surface area contributed by atoms with Crippen LogP contribution >= 0.6 is 0 Å². The lowest BCUT2D eigenvalue weighted by atomic mass is 10.1. The van der Waals surface area contributed by atoms with Crippen molar-refractivity contribution in [2.75, 3.05) is 5.73 Å². The van der Waals surface area contributed by atoms with E-state index in [1.54, 1.807) is 39.0 Å². The lowest BCUT2D eigenvalue weighted by molar-refractivity contribution is -0.386. The number of amidine groups is 1. The standard InChI is InChI=1S/C16H20N6O4/c1-9-12(5-4-6-13(9)17)16(18)20-26-14(23)7-8-21-11(3)15(22(24)25)10(2)19-21/h4-6H,7-8,17H2,1-3H3,(H2,18,20). The maximum absolute atomic E-state index is 11.9. The Morgan fingerprint density at radius 1 is 1.38 bits per heavy atom. The monoisotopic (exact) mass is 360 g/mol. The minimum Gasteiger partial charge on any atom is -0.398 e. The van der Waals surface area contributed by atoms with E-state index in [2.05, 4.69) is 10.3 Å². The molecule has 0 unspecified atom stereocenters. The Bertz CT molecular complexity index is 887. The molecule has 10 heteroatoms. The van der Waals surface area contributed by atoms with Gasteiger partial charge >= 0.3 is 11.7 Å². The Morgan fingerprint density at radius 3 is 2.69 bits per heavy atom. The summed E-state index contributed by atoms with van der Waals surface area (Å²) >= 11 is 0. The van der Waals surface area contributed by atoms with Crippen molar-refractivity contribution in [3.63, 3.8) is 0 Å². The van der Waals surface area contributed by atoms with Crippen LogP contribution in [0, 0.1) is 30.9 Å². The van der Waals surface area contributed by atoms with Crippen LogP contribution in [0.1, 0.15) is 28.9 Å². The zero-order chi connectivity index (χ0) is 19.4. The first kappa shape index (κ1) is 18.9. The van der Waals surface area contributed by atoms with Crippen molar-refractivity contribution in [2.24, 2.45) is 10.9 Å². The van der Waals surface area contributed by atoms with E-state index in [4.69, 9.17) is 16.3 Å². The van der Waals surface area contributed by atoms with Gasteiger partial charge in [-0.25, -0.2) is 4.79 Å². The first-order valence-corrected chi connectivity index (χ1v) is 7.79. The summed E-state index contributed by atoms with van der Waals surface area (Å²) in [6, 6.07) is 5.16. The van der Waals surface area contributed by atoms with Crippen LogP contribution in [0.4, 0.5) is 11.4 Å². The van der Waals surface area contributed by atoms with Crippen LogP contribution in [-0.2, 0) is 16.2 Å². The van der Waals surface area contributed by atoms with Crippen molar-refractivity contribution in [3.8, 4) is 0 Å². The van der Waals surface area contributed by atoms with Crippen molar-refractivity contribution in [3.05, 3.63) is 50.8 Å². The number of hydrogen-bond donors (Lipinski definition) is 2. The van der Waals surface area contributed by atoms with Crippen LogP contribution < -0.4 is 11.5 Å². The number of nitrogen functional groups attached to an aromatic ring is 1. The molecule has 0 aliphatic heterocycles. The Labute approximate surface area is 149 Å². The predicted octanol–water partition coefficient (Wildman–Crippen LogP) is 1.55. The van der Waals surface area contributed by atoms with Crippen LogP contribution in [0.15, 0.2) is 23.4 Å². The van der Waals surface area contributed by atoms with Crippen LogP contribution in [0.25, 0.3) is 0 Å². The van der Waals surface area contributed by atoms with E-state index in [9.17, 15) is 14.9 Å². The molecular weight excluding hydrogens is 340 g/mol. The van der Waals surface area contributed by atoms with E-state index in [0.29, 0.717) is 22.6 Å². The lowest BCUT2D eigenvalue weighted by Gasteiger charge is -2.07. The second-order valence-corrected chi connectivity index (χ2v) is 5.71. The molecule has 1 aromatic carbocycles. The number of hydrogen-bond acceptors (Lipinski definition) is 7. The fourth-order valence-corrected chi connectivity index (χ4v) is 2.49. The molecule has 2 rings (SSSR count). The summed E-state index contributed by atoms with van der Waals surface area (Å²) < 4.78 is 1.39. The summed E-state index contributed by atoms with van der Waals surface area (Å²) in [5, 5.41) is 18.7. The number of nitrogens with zero attached hydrogens (tertiary/aromatic N) is 4. The molecule has 138 valence electrons. The summed E-state index contributed by atoms with van der Waals surface area (Å²) in [6.07, 6.45) is -0.0637. The predicted molar refractivity (Wildman–Crippen MR) is 95.4 cm³/mol. The Kier molecular flexibility index (Phi) is 5.55. The number of carbonyl (C=O) groups is 1. The van der Waals surface area contributed by atoms with Crippen molar-refractivity contribution in [2.45, 2.75) is 33.7 Å². The van der Waals surface area contributed by atoms with Gasteiger partial charge in [-0.2, -0.15) is 5.10 Å². The minimum absolute atomic E-state index is 0.0323. The maximum atomic E-state index is 11.9. The van der Waals surface area contributed by atoms with Gasteiger partial charge in [-0.1, -0.05) is 17.3 Å². The van der Waals surface area contributed by atoms with Gasteiger partial charge in [0.1, 0.15) is 11.4 Å².